The molecular weight excluding hydrogens is 180 g/mol. The van der Waals surface area contributed by atoms with Crippen LogP contribution >= 0.6 is 0 Å². The van der Waals surface area contributed by atoms with Crippen molar-refractivity contribution in [3.05, 3.63) is 24.3 Å². The first-order valence-electron chi connectivity index (χ1n) is 4.40. The van der Waals surface area contributed by atoms with E-state index in [0.29, 0.717) is 17.9 Å². The Balaban J connectivity index is 3.01. The number of hydrogen-bond donors (Lipinski definition) is 1. The Bertz CT molecular complexity index is 326. The lowest BCUT2D eigenvalue weighted by Gasteiger charge is -2.20. The van der Waals surface area contributed by atoms with E-state index in [1.54, 1.807) is 12.1 Å². The molecule has 0 saturated heterocycles. The van der Waals surface area contributed by atoms with Gasteiger partial charge >= 0.3 is 6.09 Å². The highest BCUT2D eigenvalue weighted by molar-refractivity contribution is 5.91. The molecule has 0 bridgehead atoms. The van der Waals surface area contributed by atoms with Crippen LogP contribution in [0.2, 0.25) is 0 Å². The van der Waals surface area contributed by atoms with Crippen molar-refractivity contribution in [1.29, 1.82) is 0 Å². The van der Waals surface area contributed by atoms with E-state index in [0.717, 1.165) is 0 Å². The van der Waals surface area contributed by atoms with Crippen molar-refractivity contribution in [3.8, 4) is 0 Å². The van der Waals surface area contributed by atoms with Gasteiger partial charge in [-0.1, -0.05) is 12.1 Å². The largest absolute Gasteiger partial charge is 0.452 e. The highest BCUT2D eigenvalue weighted by Crippen LogP contribution is 2.22. The molecule has 0 spiro atoms. The normalized spacial score (nSPS) is 9.57. The van der Waals surface area contributed by atoms with Gasteiger partial charge in [-0.25, -0.2) is 4.79 Å². The Morgan fingerprint density at radius 3 is 2.64 bits per heavy atom. The summed E-state index contributed by atoms with van der Waals surface area (Å²) in [5.41, 5.74) is 6.99. The topological polar surface area (TPSA) is 55.6 Å². The van der Waals surface area contributed by atoms with Gasteiger partial charge in [0.25, 0.3) is 0 Å². The van der Waals surface area contributed by atoms with Gasteiger partial charge in [-0.05, 0) is 19.1 Å². The SMILES string of the molecule is CCN(C(=O)OC)c1ccccc1N. The molecule has 76 valence electrons. The molecule has 0 aliphatic rings. The third kappa shape index (κ3) is 1.96. The standard InChI is InChI=1S/C10H14N2O2/c1-3-12(10(13)14-2)9-7-5-4-6-8(9)11/h4-7H,3,11H2,1-2H3. The fourth-order valence-electron chi connectivity index (χ4n) is 1.24. The molecule has 4 nitrogen and oxygen atoms in total. The number of benzene rings is 1. The van der Waals surface area contributed by atoms with Gasteiger partial charge in [0.15, 0.2) is 0 Å². The van der Waals surface area contributed by atoms with E-state index in [1.165, 1.54) is 12.0 Å². The summed E-state index contributed by atoms with van der Waals surface area (Å²) in [6, 6.07) is 7.19. The van der Waals surface area contributed by atoms with Crippen LogP contribution in [-0.2, 0) is 4.74 Å². The minimum atomic E-state index is -0.398. The summed E-state index contributed by atoms with van der Waals surface area (Å²) in [5, 5.41) is 0. The van der Waals surface area contributed by atoms with E-state index < -0.39 is 6.09 Å². The van der Waals surface area contributed by atoms with Crippen molar-refractivity contribution in [2.45, 2.75) is 6.92 Å². The number of para-hydroxylation sites is 2. The third-order valence-corrected chi connectivity index (χ3v) is 1.94. The van der Waals surface area contributed by atoms with E-state index in [-0.39, 0.29) is 0 Å². The Morgan fingerprint density at radius 2 is 2.14 bits per heavy atom. The summed E-state index contributed by atoms with van der Waals surface area (Å²) in [7, 11) is 1.35. The summed E-state index contributed by atoms with van der Waals surface area (Å²) < 4.78 is 4.64. The second kappa shape index (κ2) is 4.50. The monoisotopic (exact) mass is 194 g/mol. The maximum absolute atomic E-state index is 11.3. The molecule has 1 rings (SSSR count). The number of ether oxygens (including phenoxy) is 1. The molecular formula is C10H14N2O2. The van der Waals surface area contributed by atoms with Gasteiger partial charge in [0.2, 0.25) is 0 Å². The molecule has 0 aliphatic carbocycles. The molecule has 0 saturated carbocycles. The zero-order chi connectivity index (χ0) is 10.6. The Labute approximate surface area is 83.3 Å². The first-order chi connectivity index (χ1) is 6.70. The molecule has 0 aromatic heterocycles. The number of carbonyl (C=O) groups is 1. The zero-order valence-corrected chi connectivity index (χ0v) is 8.36. The number of hydrogen-bond acceptors (Lipinski definition) is 3. The van der Waals surface area contributed by atoms with Crippen molar-refractivity contribution in [3.63, 3.8) is 0 Å². The average Bonchev–Trinajstić information content (AvgIpc) is 2.21. The van der Waals surface area contributed by atoms with Crippen LogP contribution in [-0.4, -0.2) is 19.7 Å². The van der Waals surface area contributed by atoms with Crippen molar-refractivity contribution in [1.82, 2.24) is 0 Å². The quantitative estimate of drug-likeness (QED) is 0.731. The van der Waals surface area contributed by atoms with Crippen LogP contribution in [0.15, 0.2) is 24.3 Å². The van der Waals surface area contributed by atoms with Crippen molar-refractivity contribution >= 4 is 17.5 Å². The van der Waals surface area contributed by atoms with Crippen LogP contribution < -0.4 is 10.6 Å². The number of amides is 1. The fraction of sp³-hybridized carbons (Fsp3) is 0.300. The summed E-state index contributed by atoms with van der Waals surface area (Å²) in [6.07, 6.45) is -0.398. The summed E-state index contributed by atoms with van der Waals surface area (Å²) >= 11 is 0. The number of rotatable bonds is 2. The molecule has 4 heteroatoms. The average molecular weight is 194 g/mol. The first kappa shape index (κ1) is 10.4. The fourth-order valence-corrected chi connectivity index (χ4v) is 1.24. The van der Waals surface area contributed by atoms with Crippen LogP contribution in [0.1, 0.15) is 6.92 Å². The molecule has 0 atom stereocenters. The van der Waals surface area contributed by atoms with Crippen molar-refractivity contribution < 1.29 is 9.53 Å². The molecule has 0 unspecified atom stereocenters. The van der Waals surface area contributed by atoms with Crippen molar-refractivity contribution in [2.24, 2.45) is 0 Å². The molecule has 2 N–H and O–H groups in total. The minimum absolute atomic E-state index is 0.398. The molecule has 0 heterocycles. The Morgan fingerprint density at radius 1 is 1.50 bits per heavy atom. The summed E-state index contributed by atoms with van der Waals surface area (Å²) in [4.78, 5) is 12.8. The highest BCUT2D eigenvalue weighted by atomic mass is 16.5. The first-order valence-corrected chi connectivity index (χ1v) is 4.40. The Hall–Kier alpha value is -1.71. The van der Waals surface area contributed by atoms with E-state index >= 15 is 0 Å². The number of carbonyl (C=O) groups excluding carboxylic acids is 1. The lowest BCUT2D eigenvalue weighted by molar-refractivity contribution is 0.179. The molecule has 14 heavy (non-hydrogen) atoms. The molecule has 1 aromatic carbocycles. The minimum Gasteiger partial charge on any atom is -0.452 e. The maximum Gasteiger partial charge on any atom is 0.414 e. The van der Waals surface area contributed by atoms with Gasteiger partial charge in [0.05, 0.1) is 18.5 Å². The summed E-state index contributed by atoms with van der Waals surface area (Å²) in [5.74, 6) is 0. The van der Waals surface area contributed by atoms with Gasteiger partial charge < -0.3 is 10.5 Å². The van der Waals surface area contributed by atoms with E-state index in [4.69, 9.17) is 5.73 Å². The summed E-state index contributed by atoms with van der Waals surface area (Å²) in [6.45, 7) is 2.39. The molecule has 0 radical (unpaired) electrons. The molecule has 1 aromatic rings. The zero-order valence-electron chi connectivity index (χ0n) is 8.36. The maximum atomic E-state index is 11.3. The van der Waals surface area contributed by atoms with Crippen LogP contribution in [0.25, 0.3) is 0 Å². The number of anilines is 2. The second-order valence-electron chi connectivity index (χ2n) is 2.77. The lowest BCUT2D eigenvalue weighted by Crippen LogP contribution is -2.30. The number of nitrogens with zero attached hydrogens (tertiary/aromatic N) is 1. The highest BCUT2D eigenvalue weighted by Gasteiger charge is 2.15. The predicted octanol–water partition coefficient (Wildman–Crippen LogP) is 1.86. The van der Waals surface area contributed by atoms with Gasteiger partial charge in [-0.2, -0.15) is 0 Å². The van der Waals surface area contributed by atoms with Crippen LogP contribution in [0, 0.1) is 0 Å². The molecule has 0 fully saturated rings. The van der Waals surface area contributed by atoms with E-state index in [1.807, 2.05) is 19.1 Å². The van der Waals surface area contributed by atoms with E-state index in [2.05, 4.69) is 4.74 Å². The van der Waals surface area contributed by atoms with Crippen LogP contribution in [0.5, 0.6) is 0 Å². The molecule has 0 aliphatic heterocycles. The lowest BCUT2D eigenvalue weighted by atomic mass is 10.2. The van der Waals surface area contributed by atoms with Gasteiger partial charge in [-0.3, -0.25) is 4.90 Å². The number of nitrogens with two attached hydrogens (primary N) is 1. The third-order valence-electron chi connectivity index (χ3n) is 1.94. The van der Waals surface area contributed by atoms with Crippen LogP contribution in [0.4, 0.5) is 16.2 Å². The number of methoxy groups -OCH3 is 1. The smallest absolute Gasteiger partial charge is 0.414 e. The van der Waals surface area contributed by atoms with Gasteiger partial charge in [0.1, 0.15) is 0 Å². The molecule has 1 amide bonds. The predicted molar refractivity (Wildman–Crippen MR) is 56.3 cm³/mol. The Kier molecular flexibility index (Phi) is 3.34. The van der Waals surface area contributed by atoms with Crippen LogP contribution in [0.3, 0.4) is 0 Å². The van der Waals surface area contributed by atoms with Crippen molar-refractivity contribution in [2.75, 3.05) is 24.3 Å². The second-order valence-corrected chi connectivity index (χ2v) is 2.77. The van der Waals surface area contributed by atoms with Gasteiger partial charge in [-0.15, -0.1) is 0 Å². The number of nitrogen functional groups attached to an aromatic ring is 1. The van der Waals surface area contributed by atoms with Gasteiger partial charge in [0, 0.05) is 6.54 Å². The van der Waals surface area contributed by atoms with E-state index in [9.17, 15) is 4.79 Å².